The summed E-state index contributed by atoms with van der Waals surface area (Å²) in [5.74, 6) is -0.295. The molecule has 0 spiro atoms. The van der Waals surface area contributed by atoms with Crippen LogP contribution in [0.3, 0.4) is 0 Å². The minimum Gasteiger partial charge on any atom is -0.267 e. The average Bonchev–Trinajstić information content (AvgIpc) is 3.15. The molecule has 3 aromatic rings. The van der Waals surface area contributed by atoms with Gasteiger partial charge >= 0.3 is 0 Å². The fourth-order valence-corrected chi connectivity index (χ4v) is 2.13. The largest absolute Gasteiger partial charge is 0.271 e. The van der Waals surface area contributed by atoms with E-state index >= 15 is 0 Å². The molecule has 0 saturated carbocycles. The summed E-state index contributed by atoms with van der Waals surface area (Å²) in [5.41, 5.74) is 5.41. The molecule has 0 atom stereocenters. The summed E-state index contributed by atoms with van der Waals surface area (Å²) >= 11 is 5.80. The summed E-state index contributed by atoms with van der Waals surface area (Å²) in [6.07, 6.45) is 1.52. The Hall–Kier alpha value is -3.06. The van der Waals surface area contributed by atoms with Crippen molar-refractivity contribution in [1.29, 1.82) is 0 Å². The second-order valence-corrected chi connectivity index (χ2v) is 5.38. The molecule has 24 heavy (non-hydrogen) atoms. The van der Waals surface area contributed by atoms with Crippen LogP contribution in [0.1, 0.15) is 22.8 Å². The van der Waals surface area contributed by atoms with E-state index in [1.807, 2.05) is 31.2 Å². The van der Waals surface area contributed by atoms with E-state index in [9.17, 15) is 4.79 Å². The molecule has 1 aromatic heterocycles. The van der Waals surface area contributed by atoms with Crippen LogP contribution in [-0.4, -0.2) is 31.8 Å². The summed E-state index contributed by atoms with van der Waals surface area (Å²) in [6.45, 7) is 1.81. The predicted molar refractivity (Wildman–Crippen MR) is 90.3 cm³/mol. The molecule has 1 amide bonds. The maximum absolute atomic E-state index is 12.0. The van der Waals surface area contributed by atoms with Crippen molar-refractivity contribution < 1.29 is 4.79 Å². The summed E-state index contributed by atoms with van der Waals surface area (Å²) in [7, 11) is 0. The molecule has 0 unspecified atom stereocenters. The Labute approximate surface area is 143 Å². The van der Waals surface area contributed by atoms with Crippen LogP contribution >= 0.6 is 11.6 Å². The van der Waals surface area contributed by atoms with Gasteiger partial charge in [-0.1, -0.05) is 23.7 Å². The second-order valence-electron chi connectivity index (χ2n) is 4.95. The third-order valence-corrected chi connectivity index (χ3v) is 3.58. The number of hydrazone groups is 1. The van der Waals surface area contributed by atoms with E-state index in [1.54, 1.807) is 28.9 Å². The normalized spacial score (nSPS) is 11.3. The highest BCUT2D eigenvalue weighted by molar-refractivity contribution is 6.30. The highest BCUT2D eigenvalue weighted by Gasteiger charge is 2.05. The Bertz CT molecular complexity index is 857. The third kappa shape index (κ3) is 3.64. The molecule has 0 saturated heterocycles. The van der Waals surface area contributed by atoms with E-state index in [1.165, 1.54) is 6.33 Å². The van der Waals surface area contributed by atoms with E-state index in [4.69, 9.17) is 11.6 Å². The van der Waals surface area contributed by atoms with E-state index in [0.29, 0.717) is 16.3 Å². The van der Waals surface area contributed by atoms with Crippen molar-refractivity contribution in [2.24, 2.45) is 5.10 Å². The van der Waals surface area contributed by atoms with Gasteiger partial charge < -0.3 is 0 Å². The molecule has 3 rings (SSSR count). The van der Waals surface area contributed by atoms with Gasteiger partial charge in [0.15, 0.2) is 0 Å². The number of tetrazole rings is 1. The number of rotatable bonds is 4. The van der Waals surface area contributed by atoms with Gasteiger partial charge in [-0.25, -0.2) is 10.1 Å². The first-order valence-corrected chi connectivity index (χ1v) is 7.45. The minimum atomic E-state index is -0.295. The lowest BCUT2D eigenvalue weighted by molar-refractivity contribution is 0.0955. The van der Waals surface area contributed by atoms with Crippen molar-refractivity contribution in [3.63, 3.8) is 0 Å². The molecule has 0 aliphatic carbocycles. The summed E-state index contributed by atoms with van der Waals surface area (Å²) < 4.78 is 1.55. The van der Waals surface area contributed by atoms with Crippen molar-refractivity contribution in [2.75, 3.05) is 0 Å². The summed E-state index contributed by atoms with van der Waals surface area (Å²) in [6, 6.07) is 14.1. The summed E-state index contributed by atoms with van der Waals surface area (Å²) in [4.78, 5) is 12.0. The van der Waals surface area contributed by atoms with Crippen molar-refractivity contribution in [1.82, 2.24) is 25.6 Å². The van der Waals surface area contributed by atoms with E-state index in [0.717, 1.165) is 11.3 Å². The smallest absolute Gasteiger partial charge is 0.267 e. The molecule has 1 heterocycles. The van der Waals surface area contributed by atoms with Gasteiger partial charge in [-0.2, -0.15) is 5.10 Å². The number of carbonyl (C=O) groups is 1. The Morgan fingerprint density at radius 3 is 2.38 bits per heavy atom. The number of hydrogen-bond acceptors (Lipinski definition) is 5. The zero-order valence-electron chi connectivity index (χ0n) is 12.7. The number of benzene rings is 2. The van der Waals surface area contributed by atoms with Crippen LogP contribution in [-0.2, 0) is 0 Å². The first-order valence-electron chi connectivity index (χ1n) is 7.07. The standard InChI is InChI=1S/C16H13ClN6O/c1-11(19-20-16(24)13-2-6-14(17)7-3-13)12-4-8-15(9-5-12)23-10-18-21-22-23/h2-10H,1H3,(H,20,24)/b19-11+. The zero-order valence-corrected chi connectivity index (χ0v) is 13.5. The van der Waals surface area contributed by atoms with Crippen LogP contribution < -0.4 is 5.43 Å². The van der Waals surface area contributed by atoms with Gasteiger partial charge in [0, 0.05) is 10.6 Å². The maximum atomic E-state index is 12.0. The van der Waals surface area contributed by atoms with Gasteiger partial charge in [-0.3, -0.25) is 4.79 Å². The van der Waals surface area contributed by atoms with Gasteiger partial charge in [0.25, 0.3) is 5.91 Å². The van der Waals surface area contributed by atoms with Gasteiger partial charge in [-0.15, -0.1) is 5.10 Å². The van der Waals surface area contributed by atoms with Gasteiger partial charge in [0.05, 0.1) is 11.4 Å². The molecule has 1 N–H and O–H groups in total. The first kappa shape index (κ1) is 15.8. The SMILES string of the molecule is C/C(=N\NC(=O)c1ccc(Cl)cc1)c1ccc(-n2cnnn2)cc1. The average molecular weight is 341 g/mol. The lowest BCUT2D eigenvalue weighted by Gasteiger charge is -2.05. The van der Waals surface area contributed by atoms with E-state index in [-0.39, 0.29) is 5.91 Å². The van der Waals surface area contributed by atoms with E-state index < -0.39 is 0 Å². The number of amides is 1. The molecular formula is C16H13ClN6O. The van der Waals surface area contributed by atoms with Crippen LogP contribution in [0.25, 0.3) is 5.69 Å². The van der Waals surface area contributed by atoms with Crippen molar-refractivity contribution >= 4 is 23.2 Å². The highest BCUT2D eigenvalue weighted by atomic mass is 35.5. The molecule has 7 nitrogen and oxygen atoms in total. The Kier molecular flexibility index (Phi) is 4.62. The molecule has 0 radical (unpaired) electrons. The second kappa shape index (κ2) is 7.01. The van der Waals surface area contributed by atoms with Crippen LogP contribution in [0.2, 0.25) is 5.02 Å². The molecule has 0 aliphatic heterocycles. The topological polar surface area (TPSA) is 85.1 Å². The number of aromatic nitrogens is 4. The van der Waals surface area contributed by atoms with Gasteiger partial charge in [0.1, 0.15) is 6.33 Å². The van der Waals surface area contributed by atoms with Crippen molar-refractivity contribution in [2.45, 2.75) is 6.92 Å². The van der Waals surface area contributed by atoms with Crippen LogP contribution in [0.15, 0.2) is 60.0 Å². The van der Waals surface area contributed by atoms with Crippen LogP contribution in [0, 0.1) is 0 Å². The Morgan fingerprint density at radius 1 is 1.08 bits per heavy atom. The third-order valence-electron chi connectivity index (χ3n) is 3.33. The van der Waals surface area contributed by atoms with E-state index in [2.05, 4.69) is 26.1 Å². The number of carbonyl (C=O) groups excluding carboxylic acids is 1. The summed E-state index contributed by atoms with van der Waals surface area (Å²) in [5, 5.41) is 15.7. The quantitative estimate of drug-likeness (QED) is 0.584. The van der Waals surface area contributed by atoms with Gasteiger partial charge in [0.2, 0.25) is 0 Å². The molecule has 120 valence electrons. The molecule has 0 bridgehead atoms. The van der Waals surface area contributed by atoms with Crippen LogP contribution in [0.5, 0.6) is 0 Å². The number of halogens is 1. The zero-order chi connectivity index (χ0) is 16.9. The molecule has 8 heteroatoms. The Morgan fingerprint density at radius 2 is 1.75 bits per heavy atom. The number of nitrogens with zero attached hydrogens (tertiary/aromatic N) is 5. The minimum absolute atomic E-state index is 0.295. The fourth-order valence-electron chi connectivity index (χ4n) is 2.00. The lowest BCUT2D eigenvalue weighted by atomic mass is 10.1. The highest BCUT2D eigenvalue weighted by Crippen LogP contribution is 2.10. The molecule has 2 aromatic carbocycles. The lowest BCUT2D eigenvalue weighted by Crippen LogP contribution is -2.19. The van der Waals surface area contributed by atoms with Crippen molar-refractivity contribution in [3.8, 4) is 5.69 Å². The van der Waals surface area contributed by atoms with Crippen LogP contribution in [0.4, 0.5) is 0 Å². The number of nitrogens with one attached hydrogen (secondary N) is 1. The maximum Gasteiger partial charge on any atom is 0.271 e. The van der Waals surface area contributed by atoms with Gasteiger partial charge in [-0.05, 0) is 59.3 Å². The number of hydrogen-bond donors (Lipinski definition) is 1. The first-order chi connectivity index (χ1) is 11.6. The van der Waals surface area contributed by atoms with Crippen molar-refractivity contribution in [3.05, 3.63) is 71.0 Å². The molecular weight excluding hydrogens is 328 g/mol. The fraction of sp³-hybridized carbons (Fsp3) is 0.0625. The predicted octanol–water partition coefficient (Wildman–Crippen LogP) is 2.47. The molecule has 0 fully saturated rings. The molecule has 0 aliphatic rings. The monoisotopic (exact) mass is 340 g/mol. The Balaban J connectivity index is 1.69.